The van der Waals surface area contributed by atoms with Gasteiger partial charge in [-0.2, -0.15) is 0 Å². The Morgan fingerprint density at radius 3 is 2.57 bits per heavy atom. The summed E-state index contributed by atoms with van der Waals surface area (Å²) >= 11 is 6.85. The molecule has 42 heavy (non-hydrogen) atoms. The monoisotopic (exact) mass is 633 g/mol. The Labute approximate surface area is 254 Å². The third-order valence-corrected chi connectivity index (χ3v) is 6.77. The molecule has 8 nitrogen and oxygen atoms in total. The number of thiazole rings is 1. The van der Waals surface area contributed by atoms with Crippen LogP contribution in [0.2, 0.25) is 5.02 Å². The van der Waals surface area contributed by atoms with Crippen LogP contribution in [-0.2, 0) is 19.1 Å². The van der Waals surface area contributed by atoms with E-state index in [1.807, 2.05) is 25.3 Å². The molecular formula is C29H39ClF3N3O5S. The van der Waals surface area contributed by atoms with Crippen molar-refractivity contribution < 1.29 is 37.3 Å². The lowest BCUT2D eigenvalue weighted by molar-refractivity contribution is -0.138. The number of alkyl halides is 2. The average molecular weight is 634 g/mol. The highest BCUT2D eigenvalue weighted by atomic mass is 35.5. The van der Waals surface area contributed by atoms with E-state index in [4.69, 9.17) is 26.2 Å². The van der Waals surface area contributed by atoms with Crippen molar-refractivity contribution in [3.05, 3.63) is 69.0 Å². The van der Waals surface area contributed by atoms with Gasteiger partial charge in [0.1, 0.15) is 23.7 Å². The number of hydrogen-bond donors (Lipinski definition) is 2. The molecular weight excluding hydrogens is 595 g/mol. The number of hydrogen-bond acceptors (Lipinski definition) is 9. The zero-order valence-electron chi connectivity index (χ0n) is 24.2. The summed E-state index contributed by atoms with van der Waals surface area (Å²) < 4.78 is 51.1. The Balaban J connectivity index is 0.000000748. The molecule has 0 aliphatic carbocycles. The van der Waals surface area contributed by atoms with Gasteiger partial charge in [0.2, 0.25) is 0 Å². The van der Waals surface area contributed by atoms with Crippen LogP contribution in [-0.4, -0.2) is 79.2 Å². The maximum atomic E-state index is 14.3. The summed E-state index contributed by atoms with van der Waals surface area (Å²) in [6.07, 6.45) is 4.94. The van der Waals surface area contributed by atoms with Crippen molar-refractivity contribution in [2.24, 2.45) is 0 Å². The Morgan fingerprint density at radius 2 is 2.05 bits per heavy atom. The van der Waals surface area contributed by atoms with Crippen molar-refractivity contribution in [2.75, 3.05) is 40.0 Å². The topological polar surface area (TPSA) is 101 Å². The first kappa shape index (κ1) is 37.3. The number of aromatic nitrogens is 1. The molecule has 0 bridgehead atoms. The minimum atomic E-state index is -2.88. The lowest BCUT2D eigenvalue weighted by Gasteiger charge is -2.27. The van der Waals surface area contributed by atoms with Crippen LogP contribution in [0.5, 0.6) is 0 Å². The molecule has 2 aromatic rings. The number of ether oxygens (including phenoxy) is 2. The highest BCUT2D eigenvalue weighted by molar-refractivity contribution is 7.10. The molecule has 1 saturated heterocycles. The molecule has 0 spiro atoms. The second-order valence-corrected chi connectivity index (χ2v) is 10.1. The summed E-state index contributed by atoms with van der Waals surface area (Å²) in [4.78, 5) is 29.1. The number of halogens is 4. The number of benzene rings is 1. The predicted molar refractivity (Wildman–Crippen MR) is 159 cm³/mol. The van der Waals surface area contributed by atoms with E-state index in [0.717, 1.165) is 18.5 Å². The van der Waals surface area contributed by atoms with Gasteiger partial charge in [0.15, 0.2) is 0 Å². The van der Waals surface area contributed by atoms with Crippen molar-refractivity contribution in [2.45, 2.75) is 52.0 Å². The highest BCUT2D eigenvalue weighted by Gasteiger charge is 2.45. The predicted octanol–water partition coefficient (Wildman–Crippen LogP) is 5.72. The van der Waals surface area contributed by atoms with Gasteiger partial charge in [0.25, 0.3) is 5.92 Å². The van der Waals surface area contributed by atoms with E-state index in [0.29, 0.717) is 34.7 Å². The number of nitrogens with zero attached hydrogens (tertiary/aromatic N) is 2. The molecule has 1 aromatic carbocycles. The number of aliphatic hydroxyl groups is 1. The maximum absolute atomic E-state index is 14.3. The Hall–Kier alpha value is -2.77. The van der Waals surface area contributed by atoms with Crippen LogP contribution in [0.15, 0.2) is 53.2 Å². The van der Waals surface area contributed by atoms with Gasteiger partial charge < -0.3 is 24.7 Å². The summed E-state index contributed by atoms with van der Waals surface area (Å²) in [6.45, 7) is 5.22. The molecule has 1 fully saturated rings. The number of nitrogens with one attached hydrogen (secondary N) is 1. The first-order valence-electron chi connectivity index (χ1n) is 13.4. The van der Waals surface area contributed by atoms with E-state index in [9.17, 15) is 22.8 Å². The standard InChI is InChI=1S/C22H31F2N3O4S.C6H4ClF.CH4O/c1-4-7-18(20-25-8-11-32-20)26-19(17(5-2)21(29)31-6-3)13-27-15-22(23,24)12-16(27)14-30-10-9-28;7-5-2-1-3-6(8)4-5;1-2/h7-9,11,16,26H,4-6,10,12-15H2,1-3H3;1-4H;2H,1H3/b18-7+,19-17+;;. The van der Waals surface area contributed by atoms with Crippen molar-refractivity contribution in [3.63, 3.8) is 0 Å². The van der Waals surface area contributed by atoms with Gasteiger partial charge in [-0.3, -0.25) is 4.90 Å². The summed E-state index contributed by atoms with van der Waals surface area (Å²) in [5, 5.41) is 13.3. The fourth-order valence-corrected chi connectivity index (χ4v) is 4.86. The van der Waals surface area contributed by atoms with E-state index >= 15 is 0 Å². The number of allylic oxidation sites excluding steroid dienone is 1. The van der Waals surface area contributed by atoms with Crippen molar-refractivity contribution in [1.82, 2.24) is 15.2 Å². The summed E-state index contributed by atoms with van der Waals surface area (Å²) in [7, 11) is 1.00. The van der Waals surface area contributed by atoms with Crippen LogP contribution in [0.1, 0.15) is 45.0 Å². The zero-order valence-corrected chi connectivity index (χ0v) is 25.8. The van der Waals surface area contributed by atoms with Crippen LogP contribution in [0.4, 0.5) is 13.2 Å². The molecule has 0 radical (unpaired) electrons. The molecule has 1 unspecified atom stereocenters. The maximum Gasteiger partial charge on any atom is 0.335 e. The van der Waals surface area contributed by atoms with Gasteiger partial charge in [-0.05, 0) is 38.0 Å². The van der Waals surface area contributed by atoms with Crippen LogP contribution in [0, 0.1) is 5.82 Å². The number of esters is 1. The average Bonchev–Trinajstić information content (AvgIpc) is 3.58. The Bertz CT molecular complexity index is 1130. The molecule has 13 heteroatoms. The third-order valence-electron chi connectivity index (χ3n) is 5.73. The van der Waals surface area contributed by atoms with E-state index in [1.165, 1.54) is 23.5 Å². The number of aldehydes is 1. The molecule has 1 aromatic heterocycles. The number of rotatable bonds is 13. The van der Waals surface area contributed by atoms with Gasteiger partial charge in [0.05, 0.1) is 31.0 Å². The second kappa shape index (κ2) is 20.2. The second-order valence-electron chi connectivity index (χ2n) is 8.78. The Morgan fingerprint density at radius 1 is 1.31 bits per heavy atom. The molecule has 2 heterocycles. The normalized spacial score (nSPS) is 16.8. The molecule has 0 saturated carbocycles. The van der Waals surface area contributed by atoms with E-state index in [1.54, 1.807) is 30.2 Å². The largest absolute Gasteiger partial charge is 0.463 e. The number of likely N-dealkylation sites (tertiary alicyclic amines) is 1. The molecule has 1 aliphatic rings. The highest BCUT2D eigenvalue weighted by Crippen LogP contribution is 2.33. The third kappa shape index (κ3) is 13.0. The van der Waals surface area contributed by atoms with Crippen LogP contribution in [0.3, 0.4) is 0 Å². The molecule has 1 atom stereocenters. The first-order valence-corrected chi connectivity index (χ1v) is 14.6. The lowest BCUT2D eigenvalue weighted by Crippen LogP contribution is -2.38. The molecule has 3 rings (SSSR count). The van der Waals surface area contributed by atoms with Crippen LogP contribution < -0.4 is 5.32 Å². The van der Waals surface area contributed by atoms with Crippen molar-refractivity contribution in [3.8, 4) is 0 Å². The molecule has 2 N–H and O–H groups in total. The van der Waals surface area contributed by atoms with Crippen LogP contribution in [0.25, 0.3) is 5.70 Å². The van der Waals surface area contributed by atoms with Crippen molar-refractivity contribution >= 4 is 40.9 Å². The van der Waals surface area contributed by atoms with Gasteiger partial charge in [-0.25, -0.2) is 22.9 Å². The minimum Gasteiger partial charge on any atom is -0.463 e. The van der Waals surface area contributed by atoms with E-state index in [2.05, 4.69) is 10.3 Å². The zero-order chi connectivity index (χ0) is 31.5. The van der Waals surface area contributed by atoms with Gasteiger partial charge in [-0.1, -0.05) is 37.6 Å². The van der Waals surface area contributed by atoms with Gasteiger partial charge >= 0.3 is 5.97 Å². The minimum absolute atomic E-state index is 0.00656. The van der Waals surface area contributed by atoms with E-state index < -0.39 is 24.5 Å². The van der Waals surface area contributed by atoms with Gasteiger partial charge in [0, 0.05) is 48.4 Å². The van der Waals surface area contributed by atoms with E-state index in [-0.39, 0.29) is 38.6 Å². The molecule has 0 amide bonds. The summed E-state index contributed by atoms with van der Waals surface area (Å²) in [5.41, 5.74) is 1.61. The fourth-order valence-electron chi connectivity index (χ4n) is 4.05. The summed E-state index contributed by atoms with van der Waals surface area (Å²) in [5.74, 6) is -3.65. The number of aliphatic hydroxyl groups excluding tert-OH is 1. The SMILES string of the molecule is CC/C=C(/N/C(CN1CC(F)(F)CC1COCC=O)=C(\CC)C(=O)OCC)c1nccs1.CO.Fc1cccc(Cl)c1. The first-order chi connectivity index (χ1) is 20.1. The van der Waals surface area contributed by atoms with Gasteiger partial charge in [-0.15, -0.1) is 11.3 Å². The lowest BCUT2D eigenvalue weighted by atomic mass is 10.1. The molecule has 1 aliphatic heterocycles. The Kier molecular flexibility index (Phi) is 17.9. The van der Waals surface area contributed by atoms with Crippen LogP contribution >= 0.6 is 22.9 Å². The fraction of sp³-hybridized carbons (Fsp3) is 0.483. The molecule has 234 valence electrons. The summed E-state index contributed by atoms with van der Waals surface area (Å²) in [6, 6.07) is 5.23. The smallest absolute Gasteiger partial charge is 0.335 e. The number of carbonyl (C=O) groups is 2. The van der Waals surface area contributed by atoms with Crippen molar-refractivity contribution in [1.29, 1.82) is 0 Å². The number of carbonyl (C=O) groups excluding carboxylic acids is 2. The quantitative estimate of drug-likeness (QED) is 0.125.